The molecule has 0 spiro atoms. The molecule has 0 radical (unpaired) electrons. The standard InChI is InChI=1S/C9HBrF8/c10-1-2(9(16,17)18)3-4(11)6(13)8(15)7(14)5(3)12/h1H. The van der Waals surface area contributed by atoms with Gasteiger partial charge in [0.05, 0.1) is 11.1 Å². The van der Waals surface area contributed by atoms with Gasteiger partial charge in [0, 0.05) is 0 Å². The molecule has 1 aromatic carbocycles. The predicted molar refractivity (Wildman–Crippen MR) is 49.2 cm³/mol. The molecule has 0 heterocycles. The van der Waals surface area contributed by atoms with Gasteiger partial charge in [-0.2, -0.15) is 13.2 Å². The van der Waals surface area contributed by atoms with Crippen molar-refractivity contribution in [1.82, 2.24) is 0 Å². The molecule has 0 amide bonds. The largest absolute Gasteiger partial charge is 0.417 e. The van der Waals surface area contributed by atoms with Crippen LogP contribution in [0.15, 0.2) is 4.99 Å². The fourth-order valence-corrected chi connectivity index (χ4v) is 1.59. The van der Waals surface area contributed by atoms with Crippen molar-refractivity contribution in [3.63, 3.8) is 0 Å². The summed E-state index contributed by atoms with van der Waals surface area (Å²) >= 11 is 2.17. The molecule has 100 valence electrons. The second kappa shape index (κ2) is 4.87. The van der Waals surface area contributed by atoms with E-state index in [0.717, 1.165) is 0 Å². The third-order valence-corrected chi connectivity index (χ3v) is 2.35. The van der Waals surface area contributed by atoms with Crippen LogP contribution in [0.4, 0.5) is 35.1 Å². The third kappa shape index (κ3) is 2.36. The molecule has 0 aromatic heterocycles. The molecule has 1 rings (SSSR count). The highest BCUT2D eigenvalue weighted by molar-refractivity contribution is 9.11. The summed E-state index contributed by atoms with van der Waals surface area (Å²) in [6.07, 6.45) is -5.29. The van der Waals surface area contributed by atoms with Gasteiger partial charge in [0.25, 0.3) is 0 Å². The summed E-state index contributed by atoms with van der Waals surface area (Å²) in [5.74, 6) is -12.5. The summed E-state index contributed by atoms with van der Waals surface area (Å²) in [7, 11) is 0. The first-order chi connectivity index (χ1) is 8.12. The van der Waals surface area contributed by atoms with E-state index < -0.39 is 46.4 Å². The monoisotopic (exact) mass is 340 g/mol. The summed E-state index contributed by atoms with van der Waals surface area (Å²) in [6, 6.07) is 0. The second-order valence-corrected chi connectivity index (χ2v) is 3.42. The third-order valence-electron chi connectivity index (χ3n) is 1.89. The average Bonchev–Trinajstić information content (AvgIpc) is 2.27. The fourth-order valence-electron chi connectivity index (χ4n) is 1.10. The lowest BCUT2D eigenvalue weighted by Crippen LogP contribution is -2.16. The van der Waals surface area contributed by atoms with Gasteiger partial charge in [-0.25, -0.2) is 22.0 Å². The average molecular weight is 341 g/mol. The van der Waals surface area contributed by atoms with E-state index in [2.05, 4.69) is 15.9 Å². The van der Waals surface area contributed by atoms with Crippen LogP contribution in [0.25, 0.3) is 5.57 Å². The Morgan fingerprint density at radius 2 is 1.11 bits per heavy atom. The molecule has 0 saturated carbocycles. The van der Waals surface area contributed by atoms with Crippen LogP contribution in [0.2, 0.25) is 0 Å². The SMILES string of the molecule is Fc1c(F)c(F)c(C(=CBr)C(F)(F)F)c(F)c1F. The molecular weight excluding hydrogens is 340 g/mol. The van der Waals surface area contributed by atoms with Crippen LogP contribution >= 0.6 is 15.9 Å². The van der Waals surface area contributed by atoms with Crippen molar-refractivity contribution in [3.05, 3.63) is 39.6 Å². The Morgan fingerprint density at radius 1 is 0.778 bits per heavy atom. The number of benzene rings is 1. The highest BCUT2D eigenvalue weighted by Gasteiger charge is 2.40. The Balaban J connectivity index is 3.71. The van der Waals surface area contributed by atoms with Crippen molar-refractivity contribution in [1.29, 1.82) is 0 Å². The van der Waals surface area contributed by atoms with Crippen LogP contribution in [-0.4, -0.2) is 6.18 Å². The summed E-state index contributed by atoms with van der Waals surface area (Å²) in [5.41, 5.74) is -4.05. The maximum atomic E-state index is 13.1. The maximum Gasteiger partial charge on any atom is 0.417 e. The lowest BCUT2D eigenvalue weighted by Gasteiger charge is -2.13. The van der Waals surface area contributed by atoms with Gasteiger partial charge < -0.3 is 0 Å². The first kappa shape index (κ1) is 14.9. The predicted octanol–water partition coefficient (Wildman–Crippen LogP) is 4.68. The molecule has 0 N–H and O–H groups in total. The second-order valence-electron chi connectivity index (χ2n) is 2.97. The van der Waals surface area contributed by atoms with E-state index in [0.29, 0.717) is 0 Å². The fraction of sp³-hybridized carbons (Fsp3) is 0.111. The van der Waals surface area contributed by atoms with Crippen molar-refractivity contribution in [3.8, 4) is 0 Å². The highest BCUT2D eigenvalue weighted by atomic mass is 79.9. The molecule has 0 aliphatic rings. The smallest absolute Gasteiger partial charge is 0.203 e. The molecular formula is C9HBrF8. The summed E-state index contributed by atoms with van der Waals surface area (Å²) < 4.78 is 101. The van der Waals surface area contributed by atoms with Gasteiger partial charge in [0.2, 0.25) is 5.82 Å². The zero-order valence-electron chi connectivity index (χ0n) is 7.98. The molecule has 0 nitrogen and oxygen atoms in total. The summed E-state index contributed by atoms with van der Waals surface area (Å²) in [5, 5.41) is 0. The molecule has 9 heteroatoms. The molecule has 1 aromatic rings. The van der Waals surface area contributed by atoms with Gasteiger partial charge in [-0.3, -0.25) is 0 Å². The van der Waals surface area contributed by atoms with E-state index in [-0.39, 0.29) is 4.99 Å². The van der Waals surface area contributed by atoms with E-state index in [4.69, 9.17) is 0 Å². The van der Waals surface area contributed by atoms with Crippen LogP contribution in [-0.2, 0) is 0 Å². The van der Waals surface area contributed by atoms with Crippen LogP contribution in [0.5, 0.6) is 0 Å². The molecule has 0 aliphatic carbocycles. The molecule has 0 saturated heterocycles. The molecule has 0 fully saturated rings. The van der Waals surface area contributed by atoms with Crippen LogP contribution in [0.1, 0.15) is 5.56 Å². The normalized spacial score (nSPS) is 13.1. The van der Waals surface area contributed by atoms with E-state index in [1.165, 1.54) is 0 Å². The molecule has 0 atom stereocenters. The molecule has 18 heavy (non-hydrogen) atoms. The number of allylic oxidation sites excluding steroid dienone is 1. The number of halogens is 9. The Bertz CT molecular complexity index is 487. The Kier molecular flexibility index (Phi) is 4.04. The number of rotatable bonds is 1. The number of hydrogen-bond acceptors (Lipinski definition) is 0. The lowest BCUT2D eigenvalue weighted by atomic mass is 10.0. The van der Waals surface area contributed by atoms with Gasteiger partial charge in [-0.1, -0.05) is 15.9 Å². The topological polar surface area (TPSA) is 0 Å². The highest BCUT2D eigenvalue weighted by Crippen LogP contribution is 2.39. The van der Waals surface area contributed by atoms with Gasteiger partial charge >= 0.3 is 6.18 Å². The van der Waals surface area contributed by atoms with Crippen molar-refractivity contribution in [2.45, 2.75) is 6.18 Å². The first-order valence-electron chi connectivity index (χ1n) is 4.02. The van der Waals surface area contributed by atoms with Crippen molar-refractivity contribution in [2.24, 2.45) is 0 Å². The Morgan fingerprint density at radius 3 is 1.39 bits per heavy atom. The molecule has 0 bridgehead atoms. The van der Waals surface area contributed by atoms with Crippen LogP contribution in [0.3, 0.4) is 0 Å². The Labute approximate surface area is 103 Å². The Hall–Kier alpha value is -1.12. The minimum Gasteiger partial charge on any atom is -0.203 e. The summed E-state index contributed by atoms with van der Waals surface area (Å²) in [6.45, 7) is 0. The first-order valence-corrected chi connectivity index (χ1v) is 4.93. The van der Waals surface area contributed by atoms with Crippen LogP contribution < -0.4 is 0 Å². The maximum absolute atomic E-state index is 13.1. The minimum atomic E-state index is -5.29. The van der Waals surface area contributed by atoms with E-state index in [1.54, 1.807) is 0 Å². The molecule has 0 aliphatic heterocycles. The quantitative estimate of drug-likeness (QED) is 0.395. The van der Waals surface area contributed by atoms with Gasteiger partial charge in [-0.15, -0.1) is 0 Å². The summed E-state index contributed by atoms with van der Waals surface area (Å²) in [4.78, 5) is 0.0330. The van der Waals surface area contributed by atoms with Crippen LogP contribution in [0, 0.1) is 29.1 Å². The van der Waals surface area contributed by atoms with Gasteiger partial charge in [0.15, 0.2) is 23.3 Å². The molecule has 0 unspecified atom stereocenters. The van der Waals surface area contributed by atoms with E-state index >= 15 is 0 Å². The van der Waals surface area contributed by atoms with Crippen molar-refractivity contribution < 1.29 is 35.1 Å². The van der Waals surface area contributed by atoms with Crippen molar-refractivity contribution in [2.75, 3.05) is 0 Å². The zero-order valence-corrected chi connectivity index (χ0v) is 9.57. The lowest BCUT2D eigenvalue weighted by molar-refractivity contribution is -0.0692. The zero-order chi connectivity index (χ0) is 14.2. The van der Waals surface area contributed by atoms with Gasteiger partial charge in [0.1, 0.15) is 0 Å². The van der Waals surface area contributed by atoms with Gasteiger partial charge in [-0.05, 0) is 4.99 Å². The number of hydrogen-bond donors (Lipinski definition) is 0. The minimum absolute atomic E-state index is 0.0330. The van der Waals surface area contributed by atoms with Crippen molar-refractivity contribution >= 4 is 21.5 Å². The van der Waals surface area contributed by atoms with E-state index in [1.807, 2.05) is 0 Å². The number of alkyl halides is 3. The van der Waals surface area contributed by atoms with E-state index in [9.17, 15) is 35.1 Å².